The summed E-state index contributed by atoms with van der Waals surface area (Å²) in [5, 5.41) is 0. The average Bonchev–Trinajstić information content (AvgIpc) is 2.31. The topological polar surface area (TPSA) is 43.4 Å². The van der Waals surface area contributed by atoms with Crippen molar-refractivity contribution in [1.29, 1.82) is 0 Å². The molecule has 0 N–H and O–H groups in total. The molecule has 0 bridgehead atoms. The van der Waals surface area contributed by atoms with Gasteiger partial charge >= 0.3 is 5.97 Å². The van der Waals surface area contributed by atoms with E-state index in [0.717, 1.165) is 0 Å². The van der Waals surface area contributed by atoms with Crippen molar-refractivity contribution in [2.45, 2.75) is 13.3 Å². The van der Waals surface area contributed by atoms with E-state index in [1.807, 2.05) is 0 Å². The second-order valence-electron chi connectivity index (χ2n) is 3.27. The zero-order chi connectivity index (χ0) is 12.7. The van der Waals surface area contributed by atoms with Gasteiger partial charge in [0.15, 0.2) is 6.29 Å². The van der Waals surface area contributed by atoms with Crippen molar-refractivity contribution in [3.63, 3.8) is 0 Å². The van der Waals surface area contributed by atoms with E-state index < -0.39 is 5.82 Å². The molecule has 1 rings (SSSR count). The number of carbonyl (C=O) groups excluding carboxylic acids is 2. The van der Waals surface area contributed by atoms with Gasteiger partial charge < -0.3 is 4.74 Å². The number of hydrogen-bond donors (Lipinski definition) is 0. The number of rotatable bonds is 5. The molecule has 0 amide bonds. The Hall–Kier alpha value is -1.97. The molecule has 17 heavy (non-hydrogen) atoms. The Balaban J connectivity index is 2.77. The number of halogens is 1. The fraction of sp³-hybridized carbons (Fsp3) is 0.231. The lowest BCUT2D eigenvalue weighted by Crippen LogP contribution is -2.01. The normalized spacial score (nSPS) is 10.5. The van der Waals surface area contributed by atoms with Gasteiger partial charge in [0.05, 0.1) is 13.0 Å². The van der Waals surface area contributed by atoms with Crippen LogP contribution in [-0.4, -0.2) is 18.9 Å². The van der Waals surface area contributed by atoms with E-state index in [1.54, 1.807) is 6.92 Å². The third-order valence-electron chi connectivity index (χ3n) is 2.09. The van der Waals surface area contributed by atoms with E-state index in [1.165, 1.54) is 30.4 Å². The Kier molecular flexibility index (Phi) is 5.07. The van der Waals surface area contributed by atoms with Crippen LogP contribution in [-0.2, 0) is 9.53 Å². The molecule has 0 aliphatic carbocycles. The molecular weight excluding hydrogens is 223 g/mol. The Morgan fingerprint density at radius 2 is 2.24 bits per heavy atom. The van der Waals surface area contributed by atoms with Gasteiger partial charge in [0.1, 0.15) is 5.82 Å². The fourth-order valence-electron chi connectivity index (χ4n) is 1.33. The molecule has 3 nitrogen and oxygen atoms in total. The number of ether oxygens (including phenoxy) is 1. The van der Waals surface area contributed by atoms with Crippen LogP contribution in [0.15, 0.2) is 24.3 Å². The van der Waals surface area contributed by atoms with Gasteiger partial charge in [-0.05, 0) is 13.0 Å². The molecule has 0 saturated carbocycles. The Morgan fingerprint density at radius 3 is 2.88 bits per heavy atom. The number of benzene rings is 1. The van der Waals surface area contributed by atoms with Crippen molar-refractivity contribution in [2.24, 2.45) is 0 Å². The SMILES string of the molecule is CCOC(=O)CC=Cc1c(F)cccc1C=O. The highest BCUT2D eigenvalue weighted by molar-refractivity contribution is 5.82. The van der Waals surface area contributed by atoms with Crippen LogP contribution < -0.4 is 0 Å². The zero-order valence-electron chi connectivity index (χ0n) is 9.48. The summed E-state index contributed by atoms with van der Waals surface area (Å²) < 4.78 is 18.1. The predicted molar refractivity (Wildman–Crippen MR) is 62.1 cm³/mol. The van der Waals surface area contributed by atoms with Gasteiger partial charge in [-0.2, -0.15) is 0 Å². The smallest absolute Gasteiger partial charge is 0.309 e. The number of carbonyl (C=O) groups is 2. The van der Waals surface area contributed by atoms with Crippen LogP contribution in [0, 0.1) is 5.82 Å². The molecule has 0 aliphatic heterocycles. The van der Waals surface area contributed by atoms with Gasteiger partial charge in [-0.25, -0.2) is 4.39 Å². The third-order valence-corrected chi connectivity index (χ3v) is 2.09. The first-order valence-corrected chi connectivity index (χ1v) is 5.25. The van der Waals surface area contributed by atoms with Gasteiger partial charge in [-0.15, -0.1) is 0 Å². The maximum Gasteiger partial charge on any atom is 0.309 e. The van der Waals surface area contributed by atoms with E-state index in [4.69, 9.17) is 4.74 Å². The predicted octanol–water partition coefficient (Wildman–Crippen LogP) is 2.60. The summed E-state index contributed by atoms with van der Waals surface area (Å²) in [6, 6.07) is 4.24. The van der Waals surface area contributed by atoms with Crippen LogP contribution in [0.5, 0.6) is 0 Å². The first-order valence-electron chi connectivity index (χ1n) is 5.25. The van der Waals surface area contributed by atoms with Crippen molar-refractivity contribution in [3.8, 4) is 0 Å². The monoisotopic (exact) mass is 236 g/mol. The average molecular weight is 236 g/mol. The van der Waals surface area contributed by atoms with Crippen molar-refractivity contribution in [2.75, 3.05) is 6.61 Å². The summed E-state index contributed by atoms with van der Waals surface area (Å²) in [7, 11) is 0. The molecule has 0 fully saturated rings. The molecular formula is C13H13FO3. The molecule has 1 aromatic rings. The Bertz CT molecular complexity index is 438. The maximum atomic E-state index is 13.4. The molecule has 0 heterocycles. The number of hydrogen-bond acceptors (Lipinski definition) is 3. The van der Waals surface area contributed by atoms with Crippen LogP contribution in [0.3, 0.4) is 0 Å². The lowest BCUT2D eigenvalue weighted by atomic mass is 10.1. The van der Waals surface area contributed by atoms with Crippen LogP contribution >= 0.6 is 0 Å². The van der Waals surface area contributed by atoms with Crippen LogP contribution in [0.1, 0.15) is 29.3 Å². The number of aldehydes is 1. The van der Waals surface area contributed by atoms with Crippen LogP contribution in [0.2, 0.25) is 0 Å². The second-order valence-corrected chi connectivity index (χ2v) is 3.27. The number of esters is 1. The van der Waals surface area contributed by atoms with Crippen LogP contribution in [0.4, 0.5) is 4.39 Å². The van der Waals surface area contributed by atoms with Crippen molar-refractivity contribution < 1.29 is 18.7 Å². The lowest BCUT2D eigenvalue weighted by molar-refractivity contribution is -0.142. The van der Waals surface area contributed by atoms with Crippen molar-refractivity contribution >= 4 is 18.3 Å². The molecule has 4 heteroatoms. The summed E-state index contributed by atoms with van der Waals surface area (Å²) in [5.74, 6) is -0.873. The maximum absolute atomic E-state index is 13.4. The van der Waals surface area contributed by atoms with E-state index in [0.29, 0.717) is 12.9 Å². The molecule has 0 atom stereocenters. The van der Waals surface area contributed by atoms with Gasteiger partial charge in [-0.3, -0.25) is 9.59 Å². The highest BCUT2D eigenvalue weighted by Gasteiger charge is 2.04. The quantitative estimate of drug-likeness (QED) is 0.583. The first kappa shape index (κ1) is 13.1. The summed E-state index contributed by atoms with van der Waals surface area (Å²) in [4.78, 5) is 21.7. The molecule has 1 aromatic carbocycles. The molecule has 90 valence electrons. The van der Waals surface area contributed by atoms with Crippen molar-refractivity contribution in [3.05, 3.63) is 41.2 Å². The molecule has 0 radical (unpaired) electrons. The molecule has 0 spiro atoms. The molecule has 0 aromatic heterocycles. The van der Waals surface area contributed by atoms with E-state index >= 15 is 0 Å². The standard InChI is InChI=1S/C13H13FO3/c1-2-17-13(16)8-4-6-11-10(9-15)5-3-7-12(11)14/h3-7,9H,2,8H2,1H3. The minimum atomic E-state index is -0.491. The Labute approximate surface area is 98.9 Å². The third kappa shape index (κ3) is 3.83. The summed E-state index contributed by atoms with van der Waals surface area (Å²) in [5.41, 5.74) is 0.442. The van der Waals surface area contributed by atoms with Gasteiger partial charge in [-0.1, -0.05) is 24.3 Å². The highest BCUT2D eigenvalue weighted by atomic mass is 19.1. The van der Waals surface area contributed by atoms with Gasteiger partial charge in [0.25, 0.3) is 0 Å². The first-order chi connectivity index (χ1) is 8.19. The van der Waals surface area contributed by atoms with E-state index in [2.05, 4.69) is 0 Å². The van der Waals surface area contributed by atoms with Gasteiger partial charge in [0.2, 0.25) is 0 Å². The summed E-state index contributed by atoms with van der Waals surface area (Å²) in [6.45, 7) is 2.02. The Morgan fingerprint density at radius 1 is 1.47 bits per heavy atom. The lowest BCUT2D eigenvalue weighted by Gasteiger charge is -2.00. The van der Waals surface area contributed by atoms with Crippen LogP contribution in [0.25, 0.3) is 6.08 Å². The van der Waals surface area contributed by atoms with Crippen molar-refractivity contribution in [1.82, 2.24) is 0 Å². The van der Waals surface area contributed by atoms with E-state index in [-0.39, 0.29) is 23.5 Å². The minimum Gasteiger partial charge on any atom is -0.466 e. The second kappa shape index (κ2) is 6.58. The summed E-state index contributed by atoms with van der Waals surface area (Å²) in [6.07, 6.45) is 3.52. The zero-order valence-corrected chi connectivity index (χ0v) is 9.48. The molecule has 0 aliphatic rings. The summed E-state index contributed by atoms with van der Waals surface area (Å²) >= 11 is 0. The molecule has 0 saturated heterocycles. The fourth-order valence-corrected chi connectivity index (χ4v) is 1.33. The van der Waals surface area contributed by atoms with E-state index in [9.17, 15) is 14.0 Å². The van der Waals surface area contributed by atoms with Gasteiger partial charge in [0, 0.05) is 11.1 Å². The largest absolute Gasteiger partial charge is 0.466 e. The highest BCUT2D eigenvalue weighted by Crippen LogP contribution is 2.14. The minimum absolute atomic E-state index is 0.0560. The molecule has 0 unspecified atom stereocenters.